The number of ether oxygens (including phenoxy) is 2. The zero-order valence-electron chi connectivity index (χ0n) is 18.1. The summed E-state index contributed by atoms with van der Waals surface area (Å²) in [7, 11) is -3.82. The van der Waals surface area contributed by atoms with E-state index < -0.39 is 16.1 Å². The lowest BCUT2D eigenvalue weighted by atomic mass is 10.2. The summed E-state index contributed by atoms with van der Waals surface area (Å²) in [6, 6.07) is 12.0. The zero-order chi connectivity index (χ0) is 22.6. The fraction of sp³-hybridized carbons (Fsp3) is 0.435. The number of carbonyl (C=O) groups is 1. The molecule has 0 aliphatic carbocycles. The molecule has 7 nitrogen and oxygen atoms in total. The predicted molar refractivity (Wildman–Crippen MR) is 124 cm³/mol. The van der Waals surface area contributed by atoms with Crippen LogP contribution in [0.2, 0.25) is 0 Å². The van der Waals surface area contributed by atoms with Crippen molar-refractivity contribution in [2.45, 2.75) is 41.6 Å². The Bertz CT molecular complexity index is 1070. The number of fused-ring (bicyclic) bond motifs is 1. The minimum atomic E-state index is -3.82. The molecule has 32 heavy (non-hydrogen) atoms. The highest BCUT2D eigenvalue weighted by atomic mass is 32.2. The van der Waals surface area contributed by atoms with Gasteiger partial charge in [-0.15, -0.1) is 11.8 Å². The number of thioether (sulfide) groups is 1. The molecule has 172 valence electrons. The van der Waals surface area contributed by atoms with Crippen LogP contribution in [0.4, 0.5) is 0 Å². The summed E-state index contributed by atoms with van der Waals surface area (Å²) < 4.78 is 40.1. The van der Waals surface area contributed by atoms with E-state index in [4.69, 9.17) is 9.47 Å². The molecule has 2 aliphatic heterocycles. The molecule has 1 saturated heterocycles. The lowest BCUT2D eigenvalue weighted by Crippen LogP contribution is -2.40. The van der Waals surface area contributed by atoms with Gasteiger partial charge in [-0.1, -0.05) is 25.0 Å². The average molecular weight is 477 g/mol. The summed E-state index contributed by atoms with van der Waals surface area (Å²) in [5, 5.41) is 0. The average Bonchev–Trinajstić information content (AvgIpc) is 3.11. The number of benzene rings is 2. The minimum Gasteiger partial charge on any atom is -0.486 e. The fourth-order valence-electron chi connectivity index (χ4n) is 3.92. The van der Waals surface area contributed by atoms with E-state index in [-0.39, 0.29) is 24.0 Å². The van der Waals surface area contributed by atoms with Crippen LogP contribution in [-0.2, 0) is 10.0 Å². The Labute approximate surface area is 193 Å². The number of rotatable bonds is 6. The van der Waals surface area contributed by atoms with Crippen LogP contribution in [0, 0.1) is 0 Å². The van der Waals surface area contributed by atoms with Gasteiger partial charge in [0.2, 0.25) is 10.0 Å². The monoisotopic (exact) mass is 476 g/mol. The van der Waals surface area contributed by atoms with Gasteiger partial charge in [0.25, 0.3) is 5.91 Å². The van der Waals surface area contributed by atoms with Crippen molar-refractivity contribution >= 4 is 27.7 Å². The Morgan fingerprint density at radius 1 is 1.09 bits per heavy atom. The van der Waals surface area contributed by atoms with Crippen LogP contribution in [0.25, 0.3) is 0 Å². The van der Waals surface area contributed by atoms with Crippen molar-refractivity contribution in [2.75, 3.05) is 32.5 Å². The Morgan fingerprint density at radius 3 is 2.53 bits per heavy atom. The van der Waals surface area contributed by atoms with Crippen molar-refractivity contribution in [1.82, 2.24) is 9.62 Å². The van der Waals surface area contributed by atoms with E-state index in [1.54, 1.807) is 18.2 Å². The van der Waals surface area contributed by atoms with Crippen LogP contribution in [0.5, 0.6) is 11.5 Å². The van der Waals surface area contributed by atoms with Gasteiger partial charge in [0.15, 0.2) is 11.5 Å². The van der Waals surface area contributed by atoms with Gasteiger partial charge in [0.05, 0.1) is 17.0 Å². The Hall–Kier alpha value is -2.23. The summed E-state index contributed by atoms with van der Waals surface area (Å²) >= 11 is 1.44. The van der Waals surface area contributed by atoms with Gasteiger partial charge < -0.3 is 14.4 Å². The normalized spacial score (nSPS) is 18.8. The molecule has 2 aliphatic rings. The maximum absolute atomic E-state index is 13.2. The Morgan fingerprint density at radius 2 is 1.81 bits per heavy atom. The van der Waals surface area contributed by atoms with E-state index in [1.165, 1.54) is 17.8 Å². The van der Waals surface area contributed by atoms with Crippen LogP contribution in [-0.4, -0.2) is 57.8 Å². The van der Waals surface area contributed by atoms with E-state index in [1.807, 2.05) is 29.4 Å². The molecule has 1 amide bonds. The number of amides is 1. The summed E-state index contributed by atoms with van der Waals surface area (Å²) in [4.78, 5) is 15.9. The van der Waals surface area contributed by atoms with Crippen LogP contribution in [0.3, 0.4) is 0 Å². The molecule has 1 atom stereocenters. The third-order valence-electron chi connectivity index (χ3n) is 5.67. The Kier molecular flexibility index (Phi) is 7.27. The van der Waals surface area contributed by atoms with Gasteiger partial charge in [0.1, 0.15) is 12.7 Å². The maximum atomic E-state index is 13.2. The van der Waals surface area contributed by atoms with Crippen molar-refractivity contribution in [3.05, 3.63) is 48.0 Å². The second kappa shape index (κ2) is 10.1. The second-order valence-electron chi connectivity index (χ2n) is 7.92. The molecular weight excluding hydrogens is 448 g/mol. The summed E-state index contributed by atoms with van der Waals surface area (Å²) in [5.74, 6) is 1.14. The number of hydrogen-bond donors (Lipinski definition) is 1. The first-order chi connectivity index (χ1) is 15.5. The largest absolute Gasteiger partial charge is 0.486 e. The molecule has 0 aromatic heterocycles. The molecular formula is C23H28N2O5S2. The van der Waals surface area contributed by atoms with Crippen molar-refractivity contribution in [3.8, 4) is 11.5 Å². The first kappa shape index (κ1) is 22.9. The molecule has 9 heteroatoms. The van der Waals surface area contributed by atoms with Gasteiger partial charge in [-0.2, -0.15) is 0 Å². The molecule has 0 unspecified atom stereocenters. The van der Waals surface area contributed by atoms with Crippen LogP contribution >= 0.6 is 11.8 Å². The smallest absolute Gasteiger partial charge is 0.255 e. The molecule has 2 aromatic carbocycles. The van der Waals surface area contributed by atoms with E-state index >= 15 is 0 Å². The number of nitrogens with one attached hydrogen (secondary N) is 1. The van der Waals surface area contributed by atoms with E-state index in [0.29, 0.717) is 30.2 Å². The highest BCUT2D eigenvalue weighted by Gasteiger charge is 2.26. The standard InChI is InChI=1S/C23H28N2O5S2/c1-31-22-11-10-18(14-19(22)23(26)25-12-6-2-3-7-13-25)32(27,28)24-15-17-16-29-20-8-4-5-9-21(20)30-17/h4-5,8-11,14,17,24H,2-3,6-7,12-13,15-16H2,1H3/t17-/m0/s1. The highest BCUT2D eigenvalue weighted by molar-refractivity contribution is 7.98. The maximum Gasteiger partial charge on any atom is 0.255 e. The third kappa shape index (κ3) is 5.22. The van der Waals surface area contributed by atoms with E-state index in [2.05, 4.69) is 4.72 Å². The van der Waals surface area contributed by atoms with Gasteiger partial charge in [-0.3, -0.25) is 4.79 Å². The van der Waals surface area contributed by atoms with Gasteiger partial charge in [-0.25, -0.2) is 13.1 Å². The van der Waals surface area contributed by atoms with Crippen LogP contribution < -0.4 is 14.2 Å². The summed E-state index contributed by atoms with van der Waals surface area (Å²) in [6.07, 6.45) is 5.64. The van der Waals surface area contributed by atoms with Gasteiger partial charge >= 0.3 is 0 Å². The van der Waals surface area contributed by atoms with Crippen molar-refractivity contribution in [3.63, 3.8) is 0 Å². The third-order valence-corrected chi connectivity index (χ3v) is 7.89. The Balaban J connectivity index is 1.48. The van der Waals surface area contributed by atoms with Crippen LogP contribution in [0.15, 0.2) is 52.3 Å². The number of carbonyl (C=O) groups excluding carboxylic acids is 1. The lowest BCUT2D eigenvalue weighted by molar-refractivity contribution is 0.0758. The highest BCUT2D eigenvalue weighted by Crippen LogP contribution is 2.31. The number of para-hydroxylation sites is 2. The molecule has 0 bridgehead atoms. The molecule has 1 fully saturated rings. The molecule has 0 radical (unpaired) electrons. The number of sulfonamides is 1. The van der Waals surface area contributed by atoms with Crippen molar-refractivity contribution in [1.29, 1.82) is 0 Å². The van der Waals surface area contributed by atoms with Crippen molar-refractivity contribution in [2.24, 2.45) is 0 Å². The quantitative estimate of drug-likeness (QED) is 0.642. The van der Waals surface area contributed by atoms with Gasteiger partial charge in [0, 0.05) is 18.0 Å². The topological polar surface area (TPSA) is 84.9 Å². The number of nitrogens with zero attached hydrogens (tertiary/aromatic N) is 1. The number of likely N-dealkylation sites (tertiary alicyclic amines) is 1. The predicted octanol–water partition coefficient (Wildman–Crippen LogP) is 3.54. The fourth-order valence-corrected chi connectivity index (χ4v) is 5.58. The lowest BCUT2D eigenvalue weighted by Gasteiger charge is -2.26. The SMILES string of the molecule is CSc1ccc(S(=O)(=O)NC[C@H]2COc3ccccc3O2)cc1C(=O)N1CCCCCC1. The summed E-state index contributed by atoms with van der Waals surface area (Å²) in [6.45, 7) is 1.74. The van der Waals surface area contributed by atoms with Gasteiger partial charge in [-0.05, 0) is 49.4 Å². The van der Waals surface area contributed by atoms with E-state index in [0.717, 1.165) is 30.6 Å². The summed E-state index contributed by atoms with van der Waals surface area (Å²) in [5.41, 5.74) is 0.438. The first-order valence-corrected chi connectivity index (χ1v) is 13.5. The first-order valence-electron chi connectivity index (χ1n) is 10.8. The molecule has 0 spiro atoms. The molecule has 2 aromatic rings. The molecule has 2 heterocycles. The molecule has 1 N–H and O–H groups in total. The number of hydrogen-bond acceptors (Lipinski definition) is 6. The second-order valence-corrected chi connectivity index (χ2v) is 10.5. The van der Waals surface area contributed by atoms with Crippen molar-refractivity contribution < 1.29 is 22.7 Å². The molecule has 4 rings (SSSR count). The minimum absolute atomic E-state index is 0.0658. The molecule has 0 saturated carbocycles. The van der Waals surface area contributed by atoms with Crippen LogP contribution in [0.1, 0.15) is 36.0 Å². The van der Waals surface area contributed by atoms with E-state index in [9.17, 15) is 13.2 Å². The zero-order valence-corrected chi connectivity index (χ0v) is 19.7.